The minimum atomic E-state index is 1.01. The number of hydrogen-bond acceptors (Lipinski definition) is 1. The van der Waals surface area contributed by atoms with Crippen molar-refractivity contribution in [1.82, 2.24) is 4.90 Å². The van der Waals surface area contributed by atoms with E-state index in [1.54, 1.807) is 0 Å². The van der Waals surface area contributed by atoms with E-state index in [4.69, 9.17) is 0 Å². The molecule has 0 aromatic heterocycles. The summed E-state index contributed by atoms with van der Waals surface area (Å²) in [5.74, 6) is 0. The Morgan fingerprint density at radius 1 is 0.667 bits per heavy atom. The maximum Gasteiger partial charge on any atom is 0.0110 e. The highest BCUT2D eigenvalue weighted by molar-refractivity contribution is 5.16. The molecule has 0 amide bonds. The second-order valence-corrected chi connectivity index (χ2v) is 4.59. The summed E-state index contributed by atoms with van der Waals surface area (Å²) in [5.41, 5.74) is 2.76. The Kier molecular flexibility index (Phi) is 4.98. The third kappa shape index (κ3) is 4.34. The molecule has 2 aromatic carbocycles. The highest BCUT2D eigenvalue weighted by atomic mass is 15.1. The van der Waals surface area contributed by atoms with E-state index in [2.05, 4.69) is 72.6 Å². The lowest BCUT2D eigenvalue weighted by molar-refractivity contribution is 0.379. The Morgan fingerprint density at radius 2 is 1.06 bits per heavy atom. The highest BCUT2D eigenvalue weighted by Gasteiger charge is 2.00. The van der Waals surface area contributed by atoms with E-state index in [1.807, 2.05) is 0 Å². The molecule has 1 radical (unpaired) electrons. The van der Waals surface area contributed by atoms with E-state index in [0.717, 1.165) is 25.9 Å². The molecule has 0 aliphatic rings. The fraction of sp³-hybridized carbons (Fsp3) is 0.235. The zero-order chi connectivity index (χ0) is 12.6. The summed E-state index contributed by atoms with van der Waals surface area (Å²) < 4.78 is 0. The molecule has 0 atom stereocenters. The molecule has 0 bridgehead atoms. The second kappa shape index (κ2) is 6.97. The highest BCUT2D eigenvalue weighted by Crippen LogP contribution is 2.03. The van der Waals surface area contributed by atoms with Crippen LogP contribution in [0, 0.1) is 7.05 Å². The van der Waals surface area contributed by atoms with Crippen molar-refractivity contribution in [2.24, 2.45) is 0 Å². The van der Waals surface area contributed by atoms with Crippen molar-refractivity contribution < 1.29 is 0 Å². The van der Waals surface area contributed by atoms with Gasteiger partial charge in [0.1, 0.15) is 0 Å². The van der Waals surface area contributed by atoms with Crippen LogP contribution in [0.3, 0.4) is 0 Å². The first-order valence-electron chi connectivity index (χ1n) is 6.48. The lowest BCUT2D eigenvalue weighted by Crippen LogP contribution is -2.21. The van der Waals surface area contributed by atoms with Crippen molar-refractivity contribution in [3.8, 4) is 0 Å². The fourth-order valence-corrected chi connectivity index (χ4v) is 1.98. The standard InChI is InChI=1S/C17H20N/c1-18(14-12-16-8-4-2-5-9-16)15-13-17-10-6-3-7-11-17/h2-11H,1,12-15H2. The van der Waals surface area contributed by atoms with Gasteiger partial charge in [0.15, 0.2) is 0 Å². The summed E-state index contributed by atoms with van der Waals surface area (Å²) >= 11 is 0. The van der Waals surface area contributed by atoms with Gasteiger partial charge in [0.2, 0.25) is 0 Å². The predicted octanol–water partition coefficient (Wildman–Crippen LogP) is 3.57. The molecule has 0 aliphatic carbocycles. The number of nitrogens with zero attached hydrogens (tertiary/aromatic N) is 1. The van der Waals surface area contributed by atoms with E-state index in [9.17, 15) is 0 Å². The Balaban J connectivity index is 1.71. The zero-order valence-corrected chi connectivity index (χ0v) is 10.8. The van der Waals surface area contributed by atoms with Gasteiger partial charge in [-0.2, -0.15) is 0 Å². The van der Waals surface area contributed by atoms with E-state index in [-0.39, 0.29) is 0 Å². The molecule has 1 heteroatoms. The molecule has 2 aromatic rings. The van der Waals surface area contributed by atoms with Crippen LogP contribution in [0.4, 0.5) is 0 Å². The molecular weight excluding hydrogens is 218 g/mol. The smallest absolute Gasteiger partial charge is 0.0110 e. The average Bonchev–Trinajstić information content (AvgIpc) is 2.45. The quantitative estimate of drug-likeness (QED) is 0.743. The van der Waals surface area contributed by atoms with Crippen LogP contribution < -0.4 is 0 Å². The molecule has 0 heterocycles. The van der Waals surface area contributed by atoms with Crippen molar-refractivity contribution in [2.75, 3.05) is 13.1 Å². The monoisotopic (exact) mass is 238 g/mol. The van der Waals surface area contributed by atoms with Crippen LogP contribution in [0.25, 0.3) is 0 Å². The van der Waals surface area contributed by atoms with Crippen molar-refractivity contribution in [2.45, 2.75) is 12.8 Å². The molecule has 0 N–H and O–H groups in total. The van der Waals surface area contributed by atoms with E-state index < -0.39 is 0 Å². The minimum absolute atomic E-state index is 1.01. The Labute approximate surface area is 110 Å². The second-order valence-electron chi connectivity index (χ2n) is 4.59. The summed E-state index contributed by atoms with van der Waals surface area (Å²) in [5, 5.41) is 0. The number of benzene rings is 2. The normalized spacial score (nSPS) is 10.8. The van der Waals surface area contributed by atoms with E-state index in [1.165, 1.54) is 11.1 Å². The van der Waals surface area contributed by atoms with Crippen molar-refractivity contribution in [3.05, 3.63) is 78.8 Å². The van der Waals surface area contributed by atoms with Crippen LogP contribution >= 0.6 is 0 Å². The summed E-state index contributed by atoms with van der Waals surface area (Å²) in [6.07, 6.45) is 2.14. The third-order valence-corrected chi connectivity index (χ3v) is 3.12. The Hall–Kier alpha value is -1.60. The van der Waals surface area contributed by atoms with Gasteiger partial charge < -0.3 is 4.90 Å². The number of hydrogen-bond donors (Lipinski definition) is 0. The molecule has 2 rings (SSSR count). The fourth-order valence-electron chi connectivity index (χ4n) is 1.98. The average molecular weight is 238 g/mol. The molecule has 18 heavy (non-hydrogen) atoms. The third-order valence-electron chi connectivity index (χ3n) is 3.12. The molecule has 0 spiro atoms. The van der Waals surface area contributed by atoms with Crippen LogP contribution in [0.15, 0.2) is 60.7 Å². The van der Waals surface area contributed by atoms with Gasteiger partial charge in [-0.25, -0.2) is 0 Å². The topological polar surface area (TPSA) is 3.24 Å². The van der Waals surface area contributed by atoms with Gasteiger partial charge in [-0.1, -0.05) is 60.7 Å². The van der Waals surface area contributed by atoms with Crippen LogP contribution in [-0.2, 0) is 12.8 Å². The summed E-state index contributed by atoms with van der Waals surface area (Å²) in [7, 11) is 4.10. The molecule has 0 aliphatic heterocycles. The minimum Gasteiger partial charge on any atom is -0.301 e. The first-order valence-corrected chi connectivity index (χ1v) is 6.48. The summed E-state index contributed by atoms with van der Waals surface area (Å²) in [4.78, 5) is 2.15. The van der Waals surface area contributed by atoms with Crippen LogP contribution in [0.5, 0.6) is 0 Å². The number of rotatable bonds is 6. The van der Waals surface area contributed by atoms with Gasteiger partial charge in [-0.15, -0.1) is 0 Å². The van der Waals surface area contributed by atoms with E-state index in [0.29, 0.717) is 0 Å². The largest absolute Gasteiger partial charge is 0.301 e. The molecule has 0 saturated heterocycles. The van der Waals surface area contributed by atoms with Crippen molar-refractivity contribution in [3.63, 3.8) is 0 Å². The predicted molar refractivity (Wildman–Crippen MR) is 77.2 cm³/mol. The van der Waals surface area contributed by atoms with Crippen LogP contribution in [-0.4, -0.2) is 18.0 Å². The van der Waals surface area contributed by atoms with Gasteiger partial charge in [-0.3, -0.25) is 0 Å². The Bertz CT molecular complexity index is 392. The van der Waals surface area contributed by atoms with Crippen molar-refractivity contribution in [1.29, 1.82) is 0 Å². The maximum atomic E-state index is 4.10. The SMILES string of the molecule is [CH2]N(CCc1ccccc1)CCc1ccccc1. The summed E-state index contributed by atoms with van der Waals surface area (Å²) in [6, 6.07) is 21.2. The molecule has 0 unspecified atom stereocenters. The Morgan fingerprint density at radius 3 is 1.44 bits per heavy atom. The molecular formula is C17H20N. The summed E-state index contributed by atoms with van der Waals surface area (Å²) in [6.45, 7) is 2.02. The first-order chi connectivity index (χ1) is 8.84. The molecule has 0 fully saturated rings. The van der Waals surface area contributed by atoms with Gasteiger partial charge >= 0.3 is 0 Å². The molecule has 0 saturated carbocycles. The van der Waals surface area contributed by atoms with Crippen LogP contribution in [0.2, 0.25) is 0 Å². The maximum absolute atomic E-state index is 4.10. The lowest BCUT2D eigenvalue weighted by Gasteiger charge is -2.16. The van der Waals surface area contributed by atoms with E-state index >= 15 is 0 Å². The first kappa shape index (κ1) is 12.8. The van der Waals surface area contributed by atoms with Gasteiger partial charge in [-0.05, 0) is 24.0 Å². The zero-order valence-electron chi connectivity index (χ0n) is 10.8. The van der Waals surface area contributed by atoms with Gasteiger partial charge in [0.25, 0.3) is 0 Å². The lowest BCUT2D eigenvalue weighted by atomic mass is 10.1. The molecule has 93 valence electrons. The molecule has 1 nitrogen and oxygen atoms in total. The van der Waals surface area contributed by atoms with Crippen LogP contribution in [0.1, 0.15) is 11.1 Å². The van der Waals surface area contributed by atoms with Gasteiger partial charge in [0.05, 0.1) is 0 Å². The van der Waals surface area contributed by atoms with Crippen molar-refractivity contribution >= 4 is 0 Å². The van der Waals surface area contributed by atoms with Gasteiger partial charge in [0, 0.05) is 20.1 Å².